The Bertz CT molecular complexity index is 988. The molecule has 0 radical (unpaired) electrons. The van der Waals surface area contributed by atoms with Crippen molar-refractivity contribution in [1.82, 2.24) is 15.0 Å². The Morgan fingerprint density at radius 1 is 1.25 bits per heavy atom. The van der Waals surface area contributed by atoms with Crippen molar-refractivity contribution in [2.24, 2.45) is 0 Å². The van der Waals surface area contributed by atoms with Gasteiger partial charge in [0.1, 0.15) is 11.6 Å². The predicted molar refractivity (Wildman–Crippen MR) is 101 cm³/mol. The van der Waals surface area contributed by atoms with Gasteiger partial charge in [0.15, 0.2) is 0 Å². The average Bonchev–Trinajstić information content (AvgIpc) is 3.24. The summed E-state index contributed by atoms with van der Waals surface area (Å²) < 4.78 is 24.7. The lowest BCUT2D eigenvalue weighted by atomic mass is 9.97. The number of ether oxygens (including phenoxy) is 1. The van der Waals surface area contributed by atoms with Crippen molar-refractivity contribution >= 4 is 5.91 Å². The molecule has 1 aromatic heterocycles. The monoisotopic (exact) mass is 381 g/mol. The Morgan fingerprint density at radius 2 is 2.11 bits per heavy atom. The van der Waals surface area contributed by atoms with Gasteiger partial charge in [-0.25, -0.2) is 4.39 Å². The highest BCUT2D eigenvalue weighted by atomic mass is 19.1. The van der Waals surface area contributed by atoms with Gasteiger partial charge >= 0.3 is 0 Å². The van der Waals surface area contributed by atoms with Crippen LogP contribution in [0.1, 0.15) is 35.0 Å². The van der Waals surface area contributed by atoms with Crippen LogP contribution in [0.3, 0.4) is 0 Å². The zero-order chi connectivity index (χ0) is 19.5. The zero-order valence-corrected chi connectivity index (χ0v) is 15.5. The Hall–Kier alpha value is -3.22. The first-order valence-corrected chi connectivity index (χ1v) is 9.17. The van der Waals surface area contributed by atoms with E-state index < -0.39 is 5.82 Å². The maximum Gasteiger partial charge on any atom is 0.256 e. The fourth-order valence-corrected chi connectivity index (χ4v) is 3.45. The second kappa shape index (κ2) is 7.80. The van der Waals surface area contributed by atoms with Crippen molar-refractivity contribution in [2.75, 3.05) is 20.2 Å². The number of piperidine rings is 1. The Morgan fingerprint density at radius 3 is 2.93 bits per heavy atom. The van der Waals surface area contributed by atoms with E-state index in [-0.39, 0.29) is 17.4 Å². The molecule has 1 aliphatic rings. The number of methoxy groups -OCH3 is 1. The van der Waals surface area contributed by atoms with Crippen molar-refractivity contribution in [3.05, 3.63) is 65.8 Å². The molecule has 1 amide bonds. The summed E-state index contributed by atoms with van der Waals surface area (Å²) in [6.45, 7) is 1.01. The molecule has 1 aliphatic heterocycles. The number of benzene rings is 2. The SMILES string of the molecule is COc1cccc(-c2noc(C3CCCN(C(=O)c4ccccc4F)C3)n2)c1. The van der Waals surface area contributed by atoms with Gasteiger partial charge in [-0.2, -0.15) is 4.98 Å². The molecule has 1 atom stereocenters. The standard InChI is InChI=1S/C21H20FN3O3/c1-27-16-8-4-6-14(12-16)19-23-20(28-24-19)15-7-5-11-25(13-15)21(26)17-9-2-3-10-18(17)22/h2-4,6,8-10,12,15H,5,7,11,13H2,1H3. The molecule has 2 heterocycles. The van der Waals surface area contributed by atoms with E-state index >= 15 is 0 Å². The van der Waals surface area contributed by atoms with Crippen LogP contribution in [-0.4, -0.2) is 41.1 Å². The van der Waals surface area contributed by atoms with Crippen LogP contribution in [0.4, 0.5) is 4.39 Å². The smallest absolute Gasteiger partial charge is 0.256 e. The molecule has 6 nitrogen and oxygen atoms in total. The Balaban J connectivity index is 1.51. The summed E-state index contributed by atoms with van der Waals surface area (Å²) >= 11 is 0. The molecule has 0 bridgehead atoms. The van der Waals surface area contributed by atoms with Gasteiger partial charge in [-0.1, -0.05) is 29.4 Å². The molecule has 1 unspecified atom stereocenters. The number of nitrogens with zero attached hydrogens (tertiary/aromatic N) is 3. The molecule has 1 saturated heterocycles. The molecule has 28 heavy (non-hydrogen) atoms. The minimum absolute atomic E-state index is 0.0728. The molecule has 7 heteroatoms. The van der Waals surface area contributed by atoms with E-state index in [9.17, 15) is 9.18 Å². The van der Waals surface area contributed by atoms with Crippen molar-refractivity contribution < 1.29 is 18.4 Å². The molecule has 144 valence electrons. The van der Waals surface area contributed by atoms with Gasteiger partial charge in [0, 0.05) is 18.7 Å². The summed E-state index contributed by atoms with van der Waals surface area (Å²) in [5.74, 6) is 0.790. The van der Waals surface area contributed by atoms with E-state index in [1.807, 2.05) is 24.3 Å². The second-order valence-corrected chi connectivity index (χ2v) is 6.76. The highest BCUT2D eigenvalue weighted by molar-refractivity contribution is 5.94. The summed E-state index contributed by atoms with van der Waals surface area (Å²) in [5.41, 5.74) is 0.884. The van der Waals surface area contributed by atoms with Gasteiger partial charge in [0.25, 0.3) is 5.91 Å². The molecular formula is C21H20FN3O3. The van der Waals surface area contributed by atoms with E-state index in [0.717, 1.165) is 18.4 Å². The number of aromatic nitrogens is 2. The Kier molecular flexibility index (Phi) is 5.06. The van der Waals surface area contributed by atoms with Gasteiger partial charge in [-0.05, 0) is 37.1 Å². The Labute approximate surface area is 161 Å². The third kappa shape index (κ3) is 3.60. The topological polar surface area (TPSA) is 68.5 Å². The number of hydrogen-bond acceptors (Lipinski definition) is 5. The number of hydrogen-bond donors (Lipinski definition) is 0. The van der Waals surface area contributed by atoms with E-state index in [0.29, 0.717) is 30.6 Å². The van der Waals surface area contributed by atoms with Crippen LogP contribution in [-0.2, 0) is 0 Å². The van der Waals surface area contributed by atoms with E-state index in [1.54, 1.807) is 24.1 Å². The van der Waals surface area contributed by atoms with Gasteiger partial charge < -0.3 is 14.2 Å². The molecule has 0 spiro atoms. The summed E-state index contributed by atoms with van der Waals surface area (Å²) in [4.78, 5) is 18.9. The molecule has 0 N–H and O–H groups in total. The fourth-order valence-electron chi connectivity index (χ4n) is 3.45. The molecule has 3 aromatic rings. The van der Waals surface area contributed by atoms with Crippen LogP contribution >= 0.6 is 0 Å². The lowest BCUT2D eigenvalue weighted by Gasteiger charge is -2.31. The van der Waals surface area contributed by atoms with E-state index in [1.165, 1.54) is 12.1 Å². The number of amides is 1. The van der Waals surface area contributed by atoms with Gasteiger partial charge in [-0.3, -0.25) is 4.79 Å². The quantitative estimate of drug-likeness (QED) is 0.686. The minimum Gasteiger partial charge on any atom is -0.497 e. The number of carbonyl (C=O) groups excluding carboxylic acids is 1. The molecule has 0 aliphatic carbocycles. The third-order valence-electron chi connectivity index (χ3n) is 4.93. The van der Waals surface area contributed by atoms with Crippen LogP contribution in [0.25, 0.3) is 11.4 Å². The van der Waals surface area contributed by atoms with Crippen molar-refractivity contribution in [2.45, 2.75) is 18.8 Å². The van der Waals surface area contributed by atoms with Crippen LogP contribution in [0.15, 0.2) is 53.1 Å². The summed E-state index contributed by atoms with van der Waals surface area (Å²) in [6.07, 6.45) is 1.63. The van der Waals surface area contributed by atoms with Crippen molar-refractivity contribution in [3.63, 3.8) is 0 Å². The maximum absolute atomic E-state index is 14.0. The third-order valence-corrected chi connectivity index (χ3v) is 4.93. The number of carbonyl (C=O) groups is 1. The van der Waals surface area contributed by atoms with Gasteiger partial charge in [0.05, 0.1) is 18.6 Å². The van der Waals surface area contributed by atoms with Crippen LogP contribution in [0, 0.1) is 5.82 Å². The molecule has 1 fully saturated rings. The van der Waals surface area contributed by atoms with Crippen molar-refractivity contribution in [1.29, 1.82) is 0 Å². The first-order chi connectivity index (χ1) is 13.7. The van der Waals surface area contributed by atoms with Gasteiger partial charge in [0.2, 0.25) is 11.7 Å². The maximum atomic E-state index is 14.0. The highest BCUT2D eigenvalue weighted by Crippen LogP contribution is 2.29. The normalized spacial score (nSPS) is 16.8. The molecule has 0 saturated carbocycles. The summed E-state index contributed by atoms with van der Waals surface area (Å²) in [5, 5.41) is 4.07. The summed E-state index contributed by atoms with van der Waals surface area (Å²) in [7, 11) is 1.60. The van der Waals surface area contributed by atoms with Crippen molar-refractivity contribution in [3.8, 4) is 17.1 Å². The first-order valence-electron chi connectivity index (χ1n) is 9.17. The van der Waals surface area contributed by atoms with Gasteiger partial charge in [-0.15, -0.1) is 0 Å². The lowest BCUT2D eigenvalue weighted by Crippen LogP contribution is -2.39. The second-order valence-electron chi connectivity index (χ2n) is 6.76. The molecule has 2 aromatic carbocycles. The summed E-state index contributed by atoms with van der Waals surface area (Å²) in [6, 6.07) is 13.5. The van der Waals surface area contributed by atoms with Crippen LogP contribution in [0.2, 0.25) is 0 Å². The molecule has 4 rings (SSSR count). The highest BCUT2D eigenvalue weighted by Gasteiger charge is 2.30. The van der Waals surface area contributed by atoms with Crippen LogP contribution in [0.5, 0.6) is 5.75 Å². The minimum atomic E-state index is -0.507. The first kappa shape index (κ1) is 18.2. The number of likely N-dealkylation sites (tertiary alicyclic amines) is 1. The molecular weight excluding hydrogens is 361 g/mol. The average molecular weight is 381 g/mol. The lowest BCUT2D eigenvalue weighted by molar-refractivity contribution is 0.0691. The van der Waals surface area contributed by atoms with E-state index in [4.69, 9.17) is 9.26 Å². The number of rotatable bonds is 4. The van der Waals surface area contributed by atoms with E-state index in [2.05, 4.69) is 10.1 Å². The van der Waals surface area contributed by atoms with Crippen LogP contribution < -0.4 is 4.74 Å². The number of halogens is 1. The zero-order valence-electron chi connectivity index (χ0n) is 15.5. The predicted octanol–water partition coefficient (Wildman–Crippen LogP) is 3.90. The largest absolute Gasteiger partial charge is 0.497 e. The fraction of sp³-hybridized carbons (Fsp3) is 0.286.